The molecule has 0 N–H and O–H groups in total. The lowest BCUT2D eigenvalue weighted by Crippen LogP contribution is -2.29. The van der Waals surface area contributed by atoms with E-state index in [1.807, 2.05) is 0 Å². The van der Waals surface area contributed by atoms with Crippen molar-refractivity contribution >= 4 is 0 Å². The van der Waals surface area contributed by atoms with Crippen molar-refractivity contribution in [2.45, 2.75) is 46.1 Å². The molecule has 2 atom stereocenters. The Morgan fingerprint density at radius 1 is 1.36 bits per heavy atom. The quantitative estimate of drug-likeness (QED) is 0.597. The zero-order valence-corrected chi connectivity index (χ0v) is 7.97. The summed E-state index contributed by atoms with van der Waals surface area (Å²) in [6, 6.07) is 0. The fraction of sp³-hybridized carbons (Fsp3) is 1.00. The van der Waals surface area contributed by atoms with Crippen molar-refractivity contribution in [3.63, 3.8) is 0 Å². The first kappa shape index (κ1) is 9.05. The fourth-order valence-corrected chi connectivity index (χ4v) is 1.67. The van der Waals surface area contributed by atoms with Crippen molar-refractivity contribution in [1.82, 2.24) is 0 Å². The summed E-state index contributed by atoms with van der Waals surface area (Å²) in [5.74, 6) is 1.54. The van der Waals surface area contributed by atoms with Gasteiger partial charge in [0, 0.05) is 6.61 Å². The SMILES string of the molecule is CCC1CCC(C(C)C)OC1. The minimum Gasteiger partial charge on any atom is -0.378 e. The molecular weight excluding hydrogens is 136 g/mol. The molecule has 1 rings (SSSR count). The lowest BCUT2D eigenvalue weighted by molar-refractivity contribution is -0.0400. The van der Waals surface area contributed by atoms with Gasteiger partial charge in [0.15, 0.2) is 0 Å². The minimum absolute atomic E-state index is 0.540. The molecule has 1 aliphatic heterocycles. The molecule has 0 aliphatic carbocycles. The number of hydrogen-bond acceptors (Lipinski definition) is 1. The zero-order chi connectivity index (χ0) is 8.27. The van der Waals surface area contributed by atoms with Crippen LogP contribution in [0.2, 0.25) is 0 Å². The molecule has 0 aromatic carbocycles. The van der Waals surface area contributed by atoms with Crippen molar-refractivity contribution in [2.75, 3.05) is 6.61 Å². The van der Waals surface area contributed by atoms with Crippen LogP contribution in [0.5, 0.6) is 0 Å². The van der Waals surface area contributed by atoms with Crippen LogP contribution < -0.4 is 0 Å². The van der Waals surface area contributed by atoms with E-state index in [9.17, 15) is 0 Å². The summed E-state index contributed by atoms with van der Waals surface area (Å²) in [7, 11) is 0. The summed E-state index contributed by atoms with van der Waals surface area (Å²) in [6.45, 7) is 7.75. The fourth-order valence-electron chi connectivity index (χ4n) is 1.67. The Morgan fingerprint density at radius 3 is 2.45 bits per heavy atom. The molecule has 0 saturated carbocycles. The molecule has 11 heavy (non-hydrogen) atoms. The van der Waals surface area contributed by atoms with E-state index >= 15 is 0 Å². The molecule has 1 heteroatoms. The molecule has 0 spiro atoms. The molecule has 0 aromatic rings. The van der Waals surface area contributed by atoms with Gasteiger partial charge in [-0.1, -0.05) is 27.2 Å². The summed E-state index contributed by atoms with van der Waals surface area (Å²) in [5, 5.41) is 0. The second-order valence-electron chi connectivity index (χ2n) is 3.97. The van der Waals surface area contributed by atoms with Gasteiger partial charge in [0.25, 0.3) is 0 Å². The number of rotatable bonds is 2. The van der Waals surface area contributed by atoms with Gasteiger partial charge in [0.2, 0.25) is 0 Å². The minimum atomic E-state index is 0.540. The zero-order valence-electron chi connectivity index (χ0n) is 7.97. The number of ether oxygens (including phenoxy) is 1. The first-order valence-electron chi connectivity index (χ1n) is 4.85. The molecule has 1 saturated heterocycles. The van der Waals surface area contributed by atoms with Gasteiger partial charge in [0.1, 0.15) is 0 Å². The predicted octanol–water partition coefficient (Wildman–Crippen LogP) is 2.85. The Morgan fingerprint density at radius 2 is 2.09 bits per heavy atom. The molecule has 2 unspecified atom stereocenters. The lowest BCUT2D eigenvalue weighted by atomic mass is 9.92. The Labute approximate surface area is 70.1 Å². The molecule has 66 valence electrons. The van der Waals surface area contributed by atoms with E-state index in [4.69, 9.17) is 4.74 Å². The maximum Gasteiger partial charge on any atom is 0.0598 e. The normalized spacial score (nSPS) is 32.7. The van der Waals surface area contributed by atoms with E-state index < -0.39 is 0 Å². The third-order valence-corrected chi connectivity index (χ3v) is 2.73. The molecule has 1 nitrogen and oxygen atoms in total. The summed E-state index contributed by atoms with van der Waals surface area (Å²) in [5.41, 5.74) is 0. The van der Waals surface area contributed by atoms with E-state index in [1.165, 1.54) is 19.3 Å². The van der Waals surface area contributed by atoms with Gasteiger partial charge in [0.05, 0.1) is 6.10 Å². The third-order valence-electron chi connectivity index (χ3n) is 2.73. The topological polar surface area (TPSA) is 9.23 Å². The van der Waals surface area contributed by atoms with E-state index in [0.29, 0.717) is 12.0 Å². The lowest BCUT2D eigenvalue weighted by Gasteiger charge is -2.30. The molecule has 1 fully saturated rings. The number of hydrogen-bond donors (Lipinski definition) is 0. The average molecular weight is 156 g/mol. The molecule has 0 radical (unpaired) electrons. The second kappa shape index (κ2) is 4.10. The highest BCUT2D eigenvalue weighted by Gasteiger charge is 2.22. The largest absolute Gasteiger partial charge is 0.378 e. The molecule has 1 aliphatic rings. The summed E-state index contributed by atoms with van der Waals surface area (Å²) >= 11 is 0. The van der Waals surface area contributed by atoms with Crippen LogP contribution >= 0.6 is 0 Å². The molecular formula is C10H20O. The van der Waals surface area contributed by atoms with Gasteiger partial charge in [-0.25, -0.2) is 0 Å². The van der Waals surface area contributed by atoms with Gasteiger partial charge >= 0.3 is 0 Å². The van der Waals surface area contributed by atoms with Crippen LogP contribution in [0.15, 0.2) is 0 Å². The van der Waals surface area contributed by atoms with Crippen LogP contribution in [0.25, 0.3) is 0 Å². The van der Waals surface area contributed by atoms with Crippen molar-refractivity contribution in [1.29, 1.82) is 0 Å². The van der Waals surface area contributed by atoms with Gasteiger partial charge < -0.3 is 4.74 Å². The first-order chi connectivity index (χ1) is 5.24. The summed E-state index contributed by atoms with van der Waals surface area (Å²) in [4.78, 5) is 0. The Balaban J connectivity index is 2.24. The van der Waals surface area contributed by atoms with E-state index in [1.54, 1.807) is 0 Å². The van der Waals surface area contributed by atoms with Crippen LogP contribution in [0.3, 0.4) is 0 Å². The maximum absolute atomic E-state index is 5.74. The monoisotopic (exact) mass is 156 g/mol. The summed E-state index contributed by atoms with van der Waals surface area (Å²) < 4.78 is 5.74. The van der Waals surface area contributed by atoms with Gasteiger partial charge in [-0.3, -0.25) is 0 Å². The second-order valence-corrected chi connectivity index (χ2v) is 3.97. The van der Waals surface area contributed by atoms with Crippen LogP contribution in [-0.2, 0) is 4.74 Å². The average Bonchev–Trinajstić information content (AvgIpc) is 2.05. The maximum atomic E-state index is 5.74. The van der Waals surface area contributed by atoms with Gasteiger partial charge in [-0.15, -0.1) is 0 Å². The van der Waals surface area contributed by atoms with Crippen LogP contribution in [-0.4, -0.2) is 12.7 Å². The Bertz CT molecular complexity index is 101. The van der Waals surface area contributed by atoms with Crippen LogP contribution in [0.4, 0.5) is 0 Å². The molecule has 1 heterocycles. The van der Waals surface area contributed by atoms with E-state index in [-0.39, 0.29) is 0 Å². The molecule has 0 amide bonds. The highest BCUT2D eigenvalue weighted by molar-refractivity contribution is 4.71. The van der Waals surface area contributed by atoms with Gasteiger partial charge in [-0.05, 0) is 24.7 Å². The van der Waals surface area contributed by atoms with Crippen molar-refractivity contribution in [3.8, 4) is 0 Å². The highest BCUT2D eigenvalue weighted by Crippen LogP contribution is 2.24. The standard InChI is InChI=1S/C10H20O/c1-4-9-5-6-10(8(2)3)11-7-9/h8-10H,4-7H2,1-3H3. The van der Waals surface area contributed by atoms with Gasteiger partial charge in [-0.2, -0.15) is 0 Å². The third kappa shape index (κ3) is 2.48. The Kier molecular flexibility index (Phi) is 3.38. The van der Waals surface area contributed by atoms with Crippen molar-refractivity contribution in [3.05, 3.63) is 0 Å². The molecule has 0 aromatic heterocycles. The summed E-state index contributed by atoms with van der Waals surface area (Å²) in [6.07, 6.45) is 4.47. The highest BCUT2D eigenvalue weighted by atomic mass is 16.5. The predicted molar refractivity (Wildman–Crippen MR) is 47.6 cm³/mol. The Hall–Kier alpha value is -0.0400. The van der Waals surface area contributed by atoms with E-state index in [2.05, 4.69) is 20.8 Å². The van der Waals surface area contributed by atoms with Crippen molar-refractivity contribution < 1.29 is 4.74 Å². The van der Waals surface area contributed by atoms with E-state index in [0.717, 1.165) is 12.5 Å². The van der Waals surface area contributed by atoms with Crippen LogP contribution in [0.1, 0.15) is 40.0 Å². The van der Waals surface area contributed by atoms with Crippen LogP contribution in [0, 0.1) is 11.8 Å². The molecule has 0 bridgehead atoms. The smallest absolute Gasteiger partial charge is 0.0598 e. The van der Waals surface area contributed by atoms with Crippen molar-refractivity contribution in [2.24, 2.45) is 11.8 Å². The first-order valence-corrected chi connectivity index (χ1v) is 4.85.